The second-order valence-electron chi connectivity index (χ2n) is 7.68. The van der Waals surface area contributed by atoms with Gasteiger partial charge in [0.25, 0.3) is 0 Å². The van der Waals surface area contributed by atoms with Crippen LogP contribution in [0.4, 0.5) is 4.39 Å². The van der Waals surface area contributed by atoms with E-state index in [1.54, 1.807) is 6.07 Å². The molecule has 1 fully saturated rings. The van der Waals surface area contributed by atoms with Crippen molar-refractivity contribution in [1.29, 1.82) is 0 Å². The lowest BCUT2D eigenvalue weighted by Crippen LogP contribution is -2.44. The molecule has 5 heteroatoms. The van der Waals surface area contributed by atoms with Gasteiger partial charge in [0.2, 0.25) is 5.91 Å². The van der Waals surface area contributed by atoms with Crippen LogP contribution in [-0.2, 0) is 11.3 Å². The van der Waals surface area contributed by atoms with Gasteiger partial charge in [-0.1, -0.05) is 35.9 Å². The van der Waals surface area contributed by atoms with Gasteiger partial charge in [-0.05, 0) is 58.0 Å². The minimum atomic E-state index is -0.162. The SMILES string of the molecule is Cc1ccc(OC[C@H](C)NC(=O)C2CCN(Cc3ccccc3F)CC2)cc1. The average Bonchev–Trinajstić information content (AvgIpc) is 2.70. The Morgan fingerprint density at radius 1 is 1.18 bits per heavy atom. The first-order chi connectivity index (χ1) is 13.5. The van der Waals surface area contributed by atoms with Crippen LogP contribution in [-0.4, -0.2) is 36.5 Å². The molecule has 0 aliphatic carbocycles. The quantitative estimate of drug-likeness (QED) is 0.786. The number of nitrogens with one attached hydrogen (secondary N) is 1. The number of rotatable bonds is 7. The molecule has 0 unspecified atom stereocenters. The normalized spacial score (nSPS) is 16.5. The number of hydrogen-bond acceptors (Lipinski definition) is 3. The highest BCUT2D eigenvalue weighted by Crippen LogP contribution is 2.20. The number of piperidine rings is 1. The molecule has 1 heterocycles. The first-order valence-corrected chi connectivity index (χ1v) is 9.97. The summed E-state index contributed by atoms with van der Waals surface area (Å²) in [6.45, 7) is 6.65. The second kappa shape index (κ2) is 9.69. The van der Waals surface area contributed by atoms with Gasteiger partial charge in [-0.3, -0.25) is 9.69 Å². The molecule has 1 saturated heterocycles. The Kier molecular flexibility index (Phi) is 7.04. The third-order valence-electron chi connectivity index (χ3n) is 5.22. The molecule has 1 aliphatic rings. The van der Waals surface area contributed by atoms with Crippen molar-refractivity contribution in [2.45, 2.75) is 39.3 Å². The van der Waals surface area contributed by atoms with Crippen molar-refractivity contribution in [3.8, 4) is 5.75 Å². The molecule has 0 aromatic heterocycles. The number of carbonyl (C=O) groups is 1. The zero-order valence-electron chi connectivity index (χ0n) is 16.7. The van der Waals surface area contributed by atoms with E-state index in [1.165, 1.54) is 11.6 Å². The molecular weight excluding hydrogens is 355 g/mol. The maximum absolute atomic E-state index is 13.8. The number of likely N-dealkylation sites (tertiary alicyclic amines) is 1. The Morgan fingerprint density at radius 3 is 2.54 bits per heavy atom. The highest BCUT2D eigenvalue weighted by atomic mass is 19.1. The van der Waals surface area contributed by atoms with E-state index in [0.29, 0.717) is 18.7 Å². The summed E-state index contributed by atoms with van der Waals surface area (Å²) in [5, 5.41) is 3.06. The molecule has 28 heavy (non-hydrogen) atoms. The van der Waals surface area contributed by atoms with Gasteiger partial charge in [-0.25, -0.2) is 4.39 Å². The van der Waals surface area contributed by atoms with Crippen LogP contribution in [0.2, 0.25) is 0 Å². The van der Waals surface area contributed by atoms with E-state index < -0.39 is 0 Å². The number of carbonyl (C=O) groups excluding carboxylic acids is 1. The molecule has 1 amide bonds. The van der Waals surface area contributed by atoms with Gasteiger partial charge in [-0.15, -0.1) is 0 Å². The number of aryl methyl sites for hydroxylation is 1. The Morgan fingerprint density at radius 2 is 1.86 bits per heavy atom. The van der Waals surface area contributed by atoms with E-state index in [9.17, 15) is 9.18 Å². The molecule has 3 rings (SSSR count). The van der Waals surface area contributed by atoms with Crippen LogP contribution in [0.3, 0.4) is 0 Å². The molecule has 150 valence electrons. The molecule has 1 N–H and O–H groups in total. The van der Waals surface area contributed by atoms with Crippen molar-refractivity contribution in [3.05, 3.63) is 65.5 Å². The molecule has 1 atom stereocenters. The van der Waals surface area contributed by atoms with Crippen molar-refractivity contribution < 1.29 is 13.9 Å². The van der Waals surface area contributed by atoms with E-state index in [-0.39, 0.29) is 23.7 Å². The number of nitrogens with zero attached hydrogens (tertiary/aromatic N) is 1. The summed E-state index contributed by atoms with van der Waals surface area (Å²) in [5.41, 5.74) is 1.90. The largest absolute Gasteiger partial charge is 0.491 e. The molecule has 0 saturated carbocycles. The van der Waals surface area contributed by atoms with Crippen molar-refractivity contribution in [3.63, 3.8) is 0 Å². The summed E-state index contributed by atoms with van der Waals surface area (Å²) in [4.78, 5) is 14.8. The zero-order valence-corrected chi connectivity index (χ0v) is 16.7. The van der Waals surface area contributed by atoms with Crippen LogP contribution >= 0.6 is 0 Å². The fourth-order valence-electron chi connectivity index (χ4n) is 3.48. The Labute approximate surface area is 166 Å². The number of benzene rings is 2. The first kappa shape index (κ1) is 20.3. The molecule has 2 aromatic carbocycles. The van der Waals surface area contributed by atoms with Crippen molar-refractivity contribution >= 4 is 5.91 Å². The van der Waals surface area contributed by atoms with Crippen LogP contribution < -0.4 is 10.1 Å². The third kappa shape index (κ3) is 5.80. The van der Waals surface area contributed by atoms with E-state index in [0.717, 1.165) is 31.7 Å². The fourth-order valence-corrected chi connectivity index (χ4v) is 3.48. The summed E-state index contributed by atoms with van der Waals surface area (Å²) < 4.78 is 19.6. The van der Waals surface area contributed by atoms with Crippen LogP contribution in [0.1, 0.15) is 30.9 Å². The highest BCUT2D eigenvalue weighted by Gasteiger charge is 2.26. The predicted molar refractivity (Wildman–Crippen MR) is 109 cm³/mol. The monoisotopic (exact) mass is 384 g/mol. The molecule has 2 aromatic rings. The van der Waals surface area contributed by atoms with Crippen molar-refractivity contribution in [1.82, 2.24) is 10.2 Å². The average molecular weight is 384 g/mol. The van der Waals surface area contributed by atoms with Crippen molar-refractivity contribution in [2.24, 2.45) is 5.92 Å². The fraction of sp³-hybridized carbons (Fsp3) is 0.435. The Bertz CT molecular complexity index is 770. The van der Waals surface area contributed by atoms with Gasteiger partial charge in [0, 0.05) is 18.0 Å². The summed E-state index contributed by atoms with van der Waals surface area (Å²) in [6.07, 6.45) is 1.59. The standard InChI is InChI=1S/C23H29FN2O2/c1-17-7-9-21(10-8-17)28-16-18(2)25-23(27)19-11-13-26(14-12-19)15-20-5-3-4-6-22(20)24/h3-10,18-19H,11-16H2,1-2H3,(H,25,27)/t18-/m0/s1. The van der Waals surface area contributed by atoms with Gasteiger partial charge < -0.3 is 10.1 Å². The number of halogens is 1. The number of amides is 1. The summed E-state index contributed by atoms with van der Waals surface area (Å²) in [5.74, 6) is 0.752. The number of hydrogen-bond donors (Lipinski definition) is 1. The van der Waals surface area contributed by atoms with Crippen LogP contribution in [0.15, 0.2) is 48.5 Å². The summed E-state index contributed by atoms with van der Waals surface area (Å²) in [6, 6.07) is 14.7. The minimum absolute atomic E-state index is 0.0127. The lowest BCUT2D eigenvalue weighted by molar-refractivity contribution is -0.127. The van der Waals surface area contributed by atoms with E-state index in [4.69, 9.17) is 4.74 Å². The molecule has 0 spiro atoms. The van der Waals surface area contributed by atoms with Gasteiger partial charge >= 0.3 is 0 Å². The maximum Gasteiger partial charge on any atom is 0.223 e. The highest BCUT2D eigenvalue weighted by molar-refractivity contribution is 5.79. The van der Waals surface area contributed by atoms with E-state index >= 15 is 0 Å². The summed E-state index contributed by atoms with van der Waals surface area (Å²) >= 11 is 0. The van der Waals surface area contributed by atoms with Gasteiger partial charge in [-0.2, -0.15) is 0 Å². The zero-order chi connectivity index (χ0) is 19.9. The lowest BCUT2D eigenvalue weighted by atomic mass is 9.95. The number of ether oxygens (including phenoxy) is 1. The van der Waals surface area contributed by atoms with E-state index in [2.05, 4.69) is 10.2 Å². The molecular formula is C23H29FN2O2. The van der Waals surface area contributed by atoms with Gasteiger partial charge in [0.1, 0.15) is 18.2 Å². The minimum Gasteiger partial charge on any atom is -0.491 e. The first-order valence-electron chi connectivity index (χ1n) is 9.97. The van der Waals surface area contributed by atoms with Crippen LogP contribution in [0.5, 0.6) is 5.75 Å². The second-order valence-corrected chi connectivity index (χ2v) is 7.68. The Hall–Kier alpha value is -2.40. The smallest absolute Gasteiger partial charge is 0.223 e. The van der Waals surface area contributed by atoms with Gasteiger partial charge in [0.15, 0.2) is 0 Å². The molecule has 4 nitrogen and oxygen atoms in total. The molecule has 1 aliphatic heterocycles. The maximum atomic E-state index is 13.8. The van der Waals surface area contributed by atoms with Crippen molar-refractivity contribution in [2.75, 3.05) is 19.7 Å². The Balaban J connectivity index is 1.39. The topological polar surface area (TPSA) is 41.6 Å². The van der Waals surface area contributed by atoms with E-state index in [1.807, 2.05) is 50.2 Å². The van der Waals surface area contributed by atoms with Crippen LogP contribution in [0.25, 0.3) is 0 Å². The summed E-state index contributed by atoms with van der Waals surface area (Å²) in [7, 11) is 0. The predicted octanol–water partition coefficient (Wildman–Crippen LogP) is 3.93. The molecule has 0 radical (unpaired) electrons. The lowest BCUT2D eigenvalue weighted by Gasteiger charge is -2.32. The van der Waals surface area contributed by atoms with Crippen LogP contribution in [0, 0.1) is 18.7 Å². The molecule has 0 bridgehead atoms. The third-order valence-corrected chi connectivity index (χ3v) is 5.22. The van der Waals surface area contributed by atoms with Gasteiger partial charge in [0.05, 0.1) is 6.04 Å².